The second-order valence-electron chi connectivity index (χ2n) is 16.5. The summed E-state index contributed by atoms with van der Waals surface area (Å²) in [4.78, 5) is 8.68. The van der Waals surface area contributed by atoms with Gasteiger partial charge >= 0.3 is 0 Å². The molecule has 0 amide bonds. The summed E-state index contributed by atoms with van der Waals surface area (Å²) in [7, 11) is 0. The van der Waals surface area contributed by atoms with E-state index in [2.05, 4.69) is 114 Å². The van der Waals surface area contributed by atoms with Crippen LogP contribution in [0.1, 0.15) is 75.2 Å². The van der Waals surface area contributed by atoms with E-state index in [1.54, 1.807) is 45.8 Å². The maximum atomic E-state index is 7.19. The molecule has 0 aliphatic rings. The summed E-state index contributed by atoms with van der Waals surface area (Å²) in [5.74, 6) is 2.13. The number of aryl methyl sites for hydroxylation is 2. The third kappa shape index (κ3) is 11.4. The van der Waals surface area contributed by atoms with E-state index in [0.29, 0.717) is 34.4 Å². The molecular formula is C54H48N4O2Pt2-6. The fourth-order valence-electron chi connectivity index (χ4n) is 6.63. The molecule has 0 atom stereocenters. The minimum Gasteiger partial charge on any atom is -0.669 e. The average Bonchev–Trinajstić information content (AvgIpc) is 3.64. The normalized spacial score (nSPS) is 10.8. The van der Waals surface area contributed by atoms with Gasteiger partial charge < -0.3 is 66.8 Å². The molecule has 0 spiro atoms. The van der Waals surface area contributed by atoms with Crippen molar-refractivity contribution in [2.45, 2.75) is 80.1 Å². The quantitative estimate of drug-likeness (QED) is 0.127. The average molecular weight is 1180 g/mol. The number of benzene rings is 4. The standard InChI is InChI=1S/C30H28N2O2.2C12H10N.2Pt/c1-29(2,3)23-13-15-31-27(19-23)33-25-11-7-9-21(17-25)22-10-8-12-26(18-22)34-28-20-24(14-16-32-28)30(4,5)6;2*1-4-13-10(3)9(2)11-7-5-6-8-12(11)13;;/h7-8,11-16,19-20H,1-6H3;2*5-8H,2-3H3;;/q-4;2*-1;;. The van der Waals surface area contributed by atoms with Gasteiger partial charge in [-0.05, 0) is 85.0 Å². The van der Waals surface area contributed by atoms with E-state index in [-0.39, 0.29) is 53.0 Å². The van der Waals surface area contributed by atoms with Gasteiger partial charge in [0.1, 0.15) is 0 Å². The van der Waals surface area contributed by atoms with Gasteiger partial charge in [-0.2, -0.15) is 12.1 Å². The Morgan fingerprint density at radius 3 is 1.27 bits per heavy atom. The number of ether oxygens (including phenoxy) is 2. The Hall–Kier alpha value is -5.64. The SMILES string of the molecule is CC(C)(C)c1ccnc(Oc2[c-]c(-c3[c-]ccc(Oc4cc(C(C)(C)C)ccn4)[c-]3)[c-]cc2)c1.[C-]#Cn1c(C)c(C)c2ccccc21.[C-]#Cn1c(C)c(C)c2ccccc21.[Pt].[Pt]. The number of aromatic nitrogens is 4. The first kappa shape index (κ1) is 49.0. The number of pyridine rings is 2. The van der Waals surface area contributed by atoms with Crippen molar-refractivity contribution in [3.63, 3.8) is 0 Å². The Morgan fingerprint density at radius 2 is 0.919 bits per heavy atom. The summed E-state index contributed by atoms with van der Waals surface area (Å²) in [6.45, 7) is 21.1. The molecule has 4 heterocycles. The van der Waals surface area contributed by atoms with Crippen molar-refractivity contribution in [3.05, 3.63) is 180 Å². The fraction of sp³-hybridized carbons (Fsp3) is 0.222. The summed E-state index contributed by atoms with van der Waals surface area (Å²) >= 11 is 0. The molecule has 0 saturated carbocycles. The molecule has 0 bridgehead atoms. The second kappa shape index (κ2) is 21.0. The molecule has 62 heavy (non-hydrogen) atoms. The molecule has 8 rings (SSSR count). The van der Waals surface area contributed by atoms with Crippen LogP contribution in [0.4, 0.5) is 0 Å². The van der Waals surface area contributed by atoms with Crippen LogP contribution in [0.3, 0.4) is 0 Å². The first-order valence-electron chi connectivity index (χ1n) is 19.7. The van der Waals surface area contributed by atoms with Crippen molar-refractivity contribution >= 4 is 21.8 Å². The number of hydrogen-bond donors (Lipinski definition) is 0. The number of fused-ring (bicyclic) bond motifs is 2. The summed E-state index contributed by atoms with van der Waals surface area (Å²) in [6, 6.07) is 48.9. The van der Waals surface area contributed by atoms with Gasteiger partial charge in [-0.3, -0.25) is 12.1 Å². The van der Waals surface area contributed by atoms with Crippen LogP contribution in [0.15, 0.2) is 109 Å². The molecule has 8 aromatic rings. The van der Waals surface area contributed by atoms with Gasteiger partial charge in [0.2, 0.25) is 11.8 Å². The van der Waals surface area contributed by atoms with Crippen LogP contribution in [0, 0.1) is 76.9 Å². The molecule has 4 aromatic carbocycles. The van der Waals surface area contributed by atoms with Crippen molar-refractivity contribution < 1.29 is 51.6 Å². The van der Waals surface area contributed by atoms with Crippen molar-refractivity contribution in [2.75, 3.05) is 0 Å². The smallest absolute Gasteiger partial charge is 0.215 e. The maximum absolute atomic E-state index is 7.19. The molecular weight excluding hydrogens is 1130 g/mol. The zero-order valence-corrected chi connectivity index (χ0v) is 41.2. The van der Waals surface area contributed by atoms with Crippen molar-refractivity contribution in [1.82, 2.24) is 19.1 Å². The monoisotopic (exact) mass is 1170 g/mol. The van der Waals surface area contributed by atoms with Crippen LogP contribution in [0.5, 0.6) is 23.3 Å². The minimum atomic E-state index is 0. The van der Waals surface area contributed by atoms with Crippen LogP contribution in [0.2, 0.25) is 0 Å². The number of rotatable bonds is 5. The zero-order chi connectivity index (χ0) is 43.2. The van der Waals surface area contributed by atoms with E-state index in [4.69, 9.17) is 22.3 Å². The number of hydrogen-bond acceptors (Lipinski definition) is 4. The number of nitrogens with zero attached hydrogens (tertiary/aromatic N) is 4. The zero-order valence-electron chi connectivity index (χ0n) is 36.6. The van der Waals surface area contributed by atoms with Crippen LogP contribution >= 0.6 is 0 Å². The summed E-state index contributed by atoms with van der Waals surface area (Å²) in [5.41, 5.74) is 10.4. The van der Waals surface area contributed by atoms with Gasteiger partial charge in [0.15, 0.2) is 0 Å². The third-order valence-electron chi connectivity index (χ3n) is 10.4. The van der Waals surface area contributed by atoms with Crippen molar-refractivity contribution in [2.24, 2.45) is 0 Å². The van der Waals surface area contributed by atoms with E-state index in [9.17, 15) is 0 Å². The van der Waals surface area contributed by atoms with E-state index in [0.717, 1.165) is 33.5 Å². The molecule has 0 radical (unpaired) electrons. The van der Waals surface area contributed by atoms with E-state index >= 15 is 0 Å². The van der Waals surface area contributed by atoms with Gasteiger partial charge in [0.25, 0.3) is 0 Å². The molecule has 6 nitrogen and oxygen atoms in total. The summed E-state index contributed by atoms with van der Waals surface area (Å²) in [5, 5.41) is 2.42. The molecule has 4 aromatic heterocycles. The van der Waals surface area contributed by atoms with E-state index in [1.165, 1.54) is 21.9 Å². The van der Waals surface area contributed by atoms with Crippen LogP contribution in [0.25, 0.3) is 32.9 Å². The third-order valence-corrected chi connectivity index (χ3v) is 10.4. The van der Waals surface area contributed by atoms with Gasteiger partial charge in [-0.25, -0.2) is 22.1 Å². The largest absolute Gasteiger partial charge is 0.669 e. The fourth-order valence-corrected chi connectivity index (χ4v) is 6.63. The molecule has 0 aliphatic heterocycles. The first-order chi connectivity index (χ1) is 28.6. The van der Waals surface area contributed by atoms with Crippen molar-refractivity contribution in [3.8, 4) is 46.5 Å². The van der Waals surface area contributed by atoms with Gasteiger partial charge in [0, 0.05) is 88.8 Å². The van der Waals surface area contributed by atoms with Crippen LogP contribution in [-0.2, 0) is 53.0 Å². The maximum Gasteiger partial charge on any atom is 0.215 e. The Kier molecular flexibility index (Phi) is 16.6. The molecule has 0 fully saturated rings. The van der Waals surface area contributed by atoms with Gasteiger partial charge in [-0.15, -0.1) is 0 Å². The minimum absolute atomic E-state index is 0. The molecule has 0 N–H and O–H groups in total. The Labute approximate surface area is 396 Å². The molecule has 8 heteroatoms. The van der Waals surface area contributed by atoms with E-state index in [1.807, 2.05) is 74.5 Å². The Morgan fingerprint density at radius 1 is 0.548 bits per heavy atom. The van der Waals surface area contributed by atoms with E-state index < -0.39 is 0 Å². The number of para-hydroxylation sites is 2. The van der Waals surface area contributed by atoms with Crippen LogP contribution in [-0.4, -0.2) is 19.1 Å². The summed E-state index contributed by atoms with van der Waals surface area (Å²) in [6.07, 6.45) is 17.9. The van der Waals surface area contributed by atoms with Crippen LogP contribution < -0.4 is 9.47 Å². The summed E-state index contributed by atoms with van der Waals surface area (Å²) < 4.78 is 15.5. The Balaban J connectivity index is 0.000000246. The predicted octanol–water partition coefficient (Wildman–Crippen LogP) is 12.8. The van der Waals surface area contributed by atoms with Gasteiger partial charge in [0.05, 0.1) is 11.0 Å². The predicted molar refractivity (Wildman–Crippen MR) is 241 cm³/mol. The van der Waals surface area contributed by atoms with Crippen molar-refractivity contribution in [1.29, 1.82) is 0 Å². The molecule has 0 aliphatic carbocycles. The molecule has 0 unspecified atom stereocenters. The Bertz CT molecular complexity index is 2680. The molecule has 322 valence electrons. The molecule has 0 saturated heterocycles. The topological polar surface area (TPSA) is 54.1 Å². The van der Waals surface area contributed by atoms with Gasteiger partial charge in [-0.1, -0.05) is 89.4 Å². The first-order valence-corrected chi connectivity index (χ1v) is 19.7. The second-order valence-corrected chi connectivity index (χ2v) is 16.5.